The van der Waals surface area contributed by atoms with Gasteiger partial charge < -0.3 is 5.11 Å². The topological polar surface area (TPSA) is 41.3 Å². The van der Waals surface area contributed by atoms with Crippen LogP contribution in [0.5, 0.6) is 0 Å². The summed E-state index contributed by atoms with van der Waals surface area (Å²) in [5.41, 5.74) is 0.605. The van der Waals surface area contributed by atoms with Crippen molar-refractivity contribution < 1.29 is 5.11 Å². The summed E-state index contributed by atoms with van der Waals surface area (Å²) in [6, 6.07) is 1.26. The Balaban J connectivity index is 1.67. The van der Waals surface area contributed by atoms with Crippen LogP contribution in [0.2, 0.25) is 0 Å². The molecule has 1 aromatic heterocycles. The summed E-state index contributed by atoms with van der Waals surface area (Å²) in [7, 11) is 0. The summed E-state index contributed by atoms with van der Waals surface area (Å²) in [6.45, 7) is 6.04. The fraction of sp³-hybridized carbons (Fsp3) is 0.786. The van der Waals surface area contributed by atoms with Crippen LogP contribution in [0.25, 0.3) is 0 Å². The van der Waals surface area contributed by atoms with Gasteiger partial charge in [-0.3, -0.25) is 9.58 Å². The average molecular weight is 249 g/mol. The molecule has 2 aliphatic rings. The Morgan fingerprint density at radius 3 is 2.89 bits per heavy atom. The van der Waals surface area contributed by atoms with Crippen molar-refractivity contribution in [1.29, 1.82) is 0 Å². The van der Waals surface area contributed by atoms with E-state index in [2.05, 4.69) is 30.0 Å². The molecule has 1 N–H and O–H groups in total. The largest absolute Gasteiger partial charge is 0.388 e. The summed E-state index contributed by atoms with van der Waals surface area (Å²) in [5.74, 6) is 0. The maximum absolute atomic E-state index is 10.8. The van der Waals surface area contributed by atoms with Gasteiger partial charge in [-0.2, -0.15) is 5.10 Å². The molecule has 0 radical (unpaired) electrons. The van der Waals surface area contributed by atoms with Crippen molar-refractivity contribution in [2.45, 2.75) is 63.8 Å². The maximum atomic E-state index is 10.8. The Morgan fingerprint density at radius 2 is 2.28 bits per heavy atom. The van der Waals surface area contributed by atoms with Crippen molar-refractivity contribution in [3.8, 4) is 0 Å². The quantitative estimate of drug-likeness (QED) is 0.877. The molecule has 3 rings (SSSR count). The molecule has 1 aliphatic carbocycles. The Bertz CT molecular complexity index is 426. The first-order valence-corrected chi connectivity index (χ1v) is 7.09. The van der Waals surface area contributed by atoms with Crippen LogP contribution in [0.4, 0.5) is 0 Å². The van der Waals surface area contributed by atoms with Gasteiger partial charge >= 0.3 is 0 Å². The summed E-state index contributed by atoms with van der Waals surface area (Å²) in [5, 5.41) is 15.1. The monoisotopic (exact) mass is 249 g/mol. The molecule has 1 saturated carbocycles. The number of hydrogen-bond acceptors (Lipinski definition) is 3. The summed E-state index contributed by atoms with van der Waals surface area (Å²) in [4.78, 5) is 2.49. The molecule has 0 bridgehead atoms. The summed E-state index contributed by atoms with van der Waals surface area (Å²) >= 11 is 0. The lowest BCUT2D eigenvalue weighted by Gasteiger charge is -2.23. The Hall–Kier alpha value is -0.870. The van der Waals surface area contributed by atoms with Crippen LogP contribution >= 0.6 is 0 Å². The molecular weight excluding hydrogens is 226 g/mol. The number of nitrogens with zero attached hydrogens (tertiary/aromatic N) is 3. The lowest BCUT2D eigenvalue weighted by Crippen LogP contribution is -2.36. The Kier molecular flexibility index (Phi) is 2.94. The smallest absolute Gasteiger partial charge is 0.0830 e. The molecule has 2 fully saturated rings. The Morgan fingerprint density at radius 1 is 1.50 bits per heavy atom. The van der Waals surface area contributed by atoms with E-state index in [1.807, 2.05) is 10.9 Å². The van der Waals surface area contributed by atoms with Crippen molar-refractivity contribution in [2.24, 2.45) is 0 Å². The number of aliphatic hydroxyl groups is 1. The van der Waals surface area contributed by atoms with Gasteiger partial charge in [0.2, 0.25) is 0 Å². The molecule has 0 amide bonds. The second kappa shape index (κ2) is 4.35. The molecule has 0 aromatic carbocycles. The second-order valence-electron chi connectivity index (χ2n) is 6.06. The third-order valence-electron chi connectivity index (χ3n) is 4.28. The highest BCUT2D eigenvalue weighted by Gasteiger charge is 2.45. The zero-order valence-electron chi connectivity index (χ0n) is 11.3. The minimum atomic E-state index is -0.552. The van der Waals surface area contributed by atoms with Gasteiger partial charge in [-0.1, -0.05) is 0 Å². The van der Waals surface area contributed by atoms with E-state index in [1.54, 1.807) is 0 Å². The SMILES string of the molecule is CCn1cc(CC2(O)CC(C)N(C3CC3)C2)cn1. The van der Waals surface area contributed by atoms with Crippen molar-refractivity contribution in [1.82, 2.24) is 14.7 Å². The van der Waals surface area contributed by atoms with Crippen molar-refractivity contribution in [2.75, 3.05) is 6.54 Å². The minimum absolute atomic E-state index is 0.517. The molecule has 1 aromatic rings. The maximum Gasteiger partial charge on any atom is 0.0830 e. The molecule has 18 heavy (non-hydrogen) atoms. The van der Waals surface area contributed by atoms with Crippen LogP contribution < -0.4 is 0 Å². The predicted molar refractivity (Wildman–Crippen MR) is 70.4 cm³/mol. The molecular formula is C14H23N3O. The number of aromatic nitrogens is 2. The average Bonchev–Trinajstić information content (AvgIpc) is 3.00. The molecule has 1 aliphatic heterocycles. The normalized spacial score (nSPS) is 33.2. The van der Waals surface area contributed by atoms with E-state index < -0.39 is 5.60 Å². The van der Waals surface area contributed by atoms with Crippen LogP contribution in [0, 0.1) is 0 Å². The van der Waals surface area contributed by atoms with Crippen molar-refractivity contribution >= 4 is 0 Å². The van der Waals surface area contributed by atoms with Crippen molar-refractivity contribution in [3.63, 3.8) is 0 Å². The molecule has 4 heteroatoms. The van der Waals surface area contributed by atoms with Crippen LogP contribution in [0.15, 0.2) is 12.4 Å². The first-order chi connectivity index (χ1) is 8.59. The summed E-state index contributed by atoms with van der Waals surface area (Å²) in [6.07, 6.45) is 8.21. The Labute approximate surface area is 109 Å². The molecule has 0 spiro atoms. The fourth-order valence-electron chi connectivity index (χ4n) is 3.30. The number of likely N-dealkylation sites (tertiary alicyclic amines) is 1. The van der Waals surface area contributed by atoms with E-state index in [1.165, 1.54) is 12.8 Å². The van der Waals surface area contributed by atoms with Gasteiger partial charge in [0.05, 0.1) is 11.8 Å². The third-order valence-corrected chi connectivity index (χ3v) is 4.28. The van der Waals surface area contributed by atoms with Crippen LogP contribution in [0.3, 0.4) is 0 Å². The molecule has 4 nitrogen and oxygen atoms in total. The van der Waals surface area contributed by atoms with E-state index in [9.17, 15) is 5.11 Å². The second-order valence-corrected chi connectivity index (χ2v) is 6.06. The van der Waals surface area contributed by atoms with Crippen LogP contribution in [0.1, 0.15) is 38.7 Å². The van der Waals surface area contributed by atoms with E-state index in [-0.39, 0.29) is 0 Å². The van der Waals surface area contributed by atoms with Gasteiger partial charge in [-0.25, -0.2) is 0 Å². The van der Waals surface area contributed by atoms with Gasteiger partial charge in [0, 0.05) is 37.8 Å². The number of hydrogen-bond donors (Lipinski definition) is 1. The molecule has 2 unspecified atom stereocenters. The summed E-state index contributed by atoms with van der Waals surface area (Å²) < 4.78 is 1.93. The van der Waals surface area contributed by atoms with Gasteiger partial charge in [0.1, 0.15) is 0 Å². The van der Waals surface area contributed by atoms with E-state index >= 15 is 0 Å². The van der Waals surface area contributed by atoms with Crippen molar-refractivity contribution in [3.05, 3.63) is 18.0 Å². The third kappa shape index (κ3) is 2.31. The highest BCUT2D eigenvalue weighted by Crippen LogP contribution is 2.38. The zero-order valence-corrected chi connectivity index (χ0v) is 11.3. The van der Waals surface area contributed by atoms with E-state index in [0.717, 1.165) is 37.5 Å². The number of β-amino-alcohol motifs (C(OH)–C–C–N with tert-alkyl or cyclic N) is 1. The molecule has 2 atom stereocenters. The lowest BCUT2D eigenvalue weighted by atomic mass is 9.94. The van der Waals surface area contributed by atoms with Crippen LogP contribution in [-0.2, 0) is 13.0 Å². The molecule has 2 heterocycles. The first-order valence-electron chi connectivity index (χ1n) is 7.09. The fourth-order valence-corrected chi connectivity index (χ4v) is 3.30. The molecule has 100 valence electrons. The van der Waals surface area contributed by atoms with E-state index in [4.69, 9.17) is 0 Å². The van der Waals surface area contributed by atoms with Crippen LogP contribution in [-0.4, -0.2) is 44.0 Å². The van der Waals surface area contributed by atoms with E-state index in [0.29, 0.717) is 6.04 Å². The van der Waals surface area contributed by atoms with Gasteiger partial charge in [-0.15, -0.1) is 0 Å². The lowest BCUT2D eigenvalue weighted by molar-refractivity contribution is 0.0487. The minimum Gasteiger partial charge on any atom is -0.388 e. The highest BCUT2D eigenvalue weighted by atomic mass is 16.3. The zero-order chi connectivity index (χ0) is 12.8. The molecule has 1 saturated heterocycles. The van der Waals surface area contributed by atoms with Gasteiger partial charge in [0.15, 0.2) is 0 Å². The highest BCUT2D eigenvalue weighted by molar-refractivity contribution is 5.12. The van der Waals surface area contributed by atoms with Gasteiger partial charge in [-0.05, 0) is 38.7 Å². The standard InChI is InChI=1S/C14H23N3O/c1-3-16-9-12(8-15-16)7-14(18)6-11(2)17(10-14)13-4-5-13/h8-9,11,13,18H,3-7,10H2,1-2H3. The predicted octanol–water partition coefficient (Wildman–Crippen LogP) is 1.43. The first kappa shape index (κ1) is 12.2. The number of rotatable bonds is 4. The van der Waals surface area contributed by atoms with Gasteiger partial charge in [0.25, 0.3) is 0 Å². The number of aryl methyl sites for hydroxylation is 1.